The summed E-state index contributed by atoms with van der Waals surface area (Å²) in [5, 5.41) is 7.78. The second-order valence-electron chi connectivity index (χ2n) is 3.72. The summed E-state index contributed by atoms with van der Waals surface area (Å²) >= 11 is 0. The molecule has 1 radical (unpaired) electrons. The van der Waals surface area contributed by atoms with Crippen LogP contribution in [0.1, 0.15) is 5.56 Å². The Labute approximate surface area is 99.1 Å². The molecule has 0 aliphatic carbocycles. The van der Waals surface area contributed by atoms with E-state index < -0.39 is 11.7 Å². The monoisotopic (exact) mass is 251 g/mol. The molecule has 3 aromatic rings. The van der Waals surface area contributed by atoms with Crippen molar-refractivity contribution in [1.82, 2.24) is 19.8 Å². The molecule has 0 fully saturated rings. The van der Waals surface area contributed by atoms with Crippen LogP contribution in [0.5, 0.6) is 0 Å². The van der Waals surface area contributed by atoms with Gasteiger partial charge in [-0.3, -0.25) is 0 Å². The first-order valence-electron chi connectivity index (χ1n) is 5.04. The summed E-state index contributed by atoms with van der Waals surface area (Å²) in [6, 6.07) is 6.62. The minimum Gasteiger partial charge on any atom is -0.319 e. The molecule has 2 aromatic heterocycles. The van der Waals surface area contributed by atoms with E-state index in [0.717, 1.165) is 12.1 Å². The van der Waals surface area contributed by atoms with Crippen molar-refractivity contribution in [3.05, 3.63) is 42.2 Å². The molecule has 0 aliphatic rings. The van der Waals surface area contributed by atoms with Gasteiger partial charge in [-0.1, -0.05) is 12.1 Å². The molecule has 0 unspecified atom stereocenters. The van der Waals surface area contributed by atoms with Crippen molar-refractivity contribution in [3.8, 4) is 11.3 Å². The third-order valence-electron chi connectivity index (χ3n) is 2.51. The summed E-state index contributed by atoms with van der Waals surface area (Å²) < 4.78 is 39.0. The van der Waals surface area contributed by atoms with Gasteiger partial charge in [0.2, 0.25) is 0 Å². The minimum atomic E-state index is -4.36. The highest BCUT2D eigenvalue weighted by atomic mass is 19.4. The van der Waals surface area contributed by atoms with Gasteiger partial charge in [0.05, 0.1) is 11.3 Å². The highest BCUT2D eigenvalue weighted by molar-refractivity contribution is 5.64. The zero-order valence-corrected chi connectivity index (χ0v) is 8.86. The predicted molar refractivity (Wildman–Crippen MR) is 56.6 cm³/mol. The maximum absolute atomic E-state index is 12.6. The molecule has 7 heteroatoms. The zero-order chi connectivity index (χ0) is 12.8. The molecule has 0 amide bonds. The molecule has 18 heavy (non-hydrogen) atoms. The van der Waals surface area contributed by atoms with Crippen molar-refractivity contribution in [1.29, 1.82) is 0 Å². The lowest BCUT2D eigenvalue weighted by Gasteiger charge is -2.07. The summed E-state index contributed by atoms with van der Waals surface area (Å²) in [5.74, 6) is 0. The number of alkyl halides is 3. The third kappa shape index (κ3) is 1.73. The fourth-order valence-electron chi connectivity index (χ4n) is 1.66. The zero-order valence-electron chi connectivity index (χ0n) is 8.86. The van der Waals surface area contributed by atoms with Crippen LogP contribution in [0.2, 0.25) is 0 Å². The number of aromatic amines is 1. The molecular weight excluding hydrogens is 245 g/mol. The number of H-pyrrole nitrogens is 1. The number of nitrogens with zero attached hydrogens (tertiary/aromatic N) is 3. The molecule has 4 nitrogen and oxygen atoms in total. The Morgan fingerprint density at radius 1 is 1.22 bits per heavy atom. The van der Waals surface area contributed by atoms with E-state index in [4.69, 9.17) is 0 Å². The third-order valence-corrected chi connectivity index (χ3v) is 2.51. The Bertz CT molecular complexity index is 667. The number of nitrogens with one attached hydrogen (secondary N) is 1. The van der Waals surface area contributed by atoms with Gasteiger partial charge >= 0.3 is 6.18 Å². The maximum Gasteiger partial charge on any atom is 0.416 e. The normalized spacial score (nSPS) is 12.2. The highest BCUT2D eigenvalue weighted by Gasteiger charge is 2.30. The number of hydrogen-bond acceptors (Lipinski definition) is 2. The van der Waals surface area contributed by atoms with Gasteiger partial charge in [0.1, 0.15) is 0 Å². The minimum absolute atomic E-state index is 0.392. The quantitative estimate of drug-likeness (QED) is 0.722. The van der Waals surface area contributed by atoms with E-state index in [-0.39, 0.29) is 0 Å². The first-order valence-corrected chi connectivity index (χ1v) is 5.04. The van der Waals surface area contributed by atoms with E-state index in [2.05, 4.69) is 21.5 Å². The van der Waals surface area contributed by atoms with Crippen LogP contribution in [0.4, 0.5) is 13.2 Å². The standard InChI is InChI=1S/C11H6F3N4/c12-11(13,14)8-3-1-2-7(4-8)9-5-10-15-6-16-18(10)17-9/h1-5H,(H,15,16). The molecule has 3 rings (SSSR count). The largest absolute Gasteiger partial charge is 0.416 e. The maximum atomic E-state index is 12.6. The number of halogens is 3. The van der Waals surface area contributed by atoms with Crippen LogP contribution in [0.3, 0.4) is 0 Å². The van der Waals surface area contributed by atoms with Crippen molar-refractivity contribution in [2.75, 3.05) is 0 Å². The number of benzene rings is 1. The van der Waals surface area contributed by atoms with Gasteiger partial charge in [-0.25, -0.2) is 0 Å². The molecule has 91 valence electrons. The van der Waals surface area contributed by atoms with Gasteiger partial charge in [0.25, 0.3) is 0 Å². The topological polar surface area (TPSA) is 46.0 Å². The Kier molecular flexibility index (Phi) is 2.16. The first-order chi connectivity index (χ1) is 8.54. The molecule has 1 aromatic carbocycles. The lowest BCUT2D eigenvalue weighted by molar-refractivity contribution is -0.137. The Morgan fingerprint density at radius 2 is 2.06 bits per heavy atom. The second kappa shape index (κ2) is 3.59. The Balaban J connectivity index is 2.09. The van der Waals surface area contributed by atoms with Crippen LogP contribution in [0.25, 0.3) is 16.9 Å². The molecule has 0 saturated carbocycles. The number of hydrogen-bond donors (Lipinski definition) is 1. The van der Waals surface area contributed by atoms with E-state index in [0.29, 0.717) is 16.9 Å². The molecule has 0 atom stereocenters. The molecule has 0 saturated heterocycles. The smallest absolute Gasteiger partial charge is 0.319 e. The van der Waals surface area contributed by atoms with Crippen molar-refractivity contribution in [3.63, 3.8) is 0 Å². The summed E-state index contributed by atoms with van der Waals surface area (Å²) in [7, 11) is 0. The van der Waals surface area contributed by atoms with Crippen molar-refractivity contribution in [2.24, 2.45) is 0 Å². The van der Waals surface area contributed by atoms with E-state index in [1.54, 1.807) is 12.1 Å². The van der Waals surface area contributed by atoms with E-state index in [1.165, 1.54) is 10.7 Å². The van der Waals surface area contributed by atoms with Gasteiger partial charge in [-0.2, -0.15) is 13.2 Å². The fraction of sp³-hybridized carbons (Fsp3) is 0.0909. The second-order valence-corrected chi connectivity index (χ2v) is 3.72. The molecule has 1 N–H and O–H groups in total. The number of aromatic nitrogens is 4. The van der Waals surface area contributed by atoms with Crippen LogP contribution in [-0.4, -0.2) is 19.8 Å². The predicted octanol–water partition coefficient (Wildman–Crippen LogP) is 2.54. The number of fused-ring (bicyclic) bond motifs is 1. The fourth-order valence-corrected chi connectivity index (χ4v) is 1.66. The number of rotatable bonds is 1. The summed E-state index contributed by atoms with van der Waals surface area (Å²) in [4.78, 5) is 2.70. The van der Waals surface area contributed by atoms with Crippen LogP contribution < -0.4 is 0 Å². The van der Waals surface area contributed by atoms with Gasteiger partial charge in [-0.15, -0.1) is 14.8 Å². The molecule has 2 heterocycles. The van der Waals surface area contributed by atoms with Crippen LogP contribution in [-0.2, 0) is 6.18 Å². The summed E-state index contributed by atoms with van der Waals surface area (Å²) in [6.07, 6.45) is -1.88. The van der Waals surface area contributed by atoms with Gasteiger partial charge in [-0.05, 0) is 12.1 Å². The molecule has 0 spiro atoms. The van der Waals surface area contributed by atoms with E-state index >= 15 is 0 Å². The van der Waals surface area contributed by atoms with Crippen LogP contribution in [0, 0.1) is 6.33 Å². The highest BCUT2D eigenvalue weighted by Crippen LogP contribution is 2.31. The van der Waals surface area contributed by atoms with Gasteiger partial charge in [0, 0.05) is 11.6 Å². The van der Waals surface area contributed by atoms with Crippen molar-refractivity contribution in [2.45, 2.75) is 6.18 Å². The van der Waals surface area contributed by atoms with Crippen molar-refractivity contribution < 1.29 is 13.2 Å². The lowest BCUT2D eigenvalue weighted by Crippen LogP contribution is -2.04. The SMILES string of the molecule is FC(F)(F)c1cccc(-c2cc3[nH][c]nn3n2)c1. The average Bonchev–Trinajstić information content (AvgIpc) is 2.88. The lowest BCUT2D eigenvalue weighted by atomic mass is 10.1. The Morgan fingerprint density at radius 3 is 2.78 bits per heavy atom. The molecule has 0 aliphatic heterocycles. The molecular formula is C11H6F3N4. The van der Waals surface area contributed by atoms with E-state index in [9.17, 15) is 13.2 Å². The first kappa shape index (κ1) is 10.8. The van der Waals surface area contributed by atoms with Crippen molar-refractivity contribution >= 4 is 5.65 Å². The molecule has 0 bridgehead atoms. The summed E-state index contributed by atoms with van der Waals surface area (Å²) in [5.41, 5.74) is 0.691. The van der Waals surface area contributed by atoms with E-state index in [1.807, 2.05) is 0 Å². The summed E-state index contributed by atoms with van der Waals surface area (Å²) in [6.45, 7) is 0. The van der Waals surface area contributed by atoms with Crippen LogP contribution in [0.15, 0.2) is 30.3 Å². The average molecular weight is 251 g/mol. The van der Waals surface area contributed by atoms with Gasteiger partial charge in [0.15, 0.2) is 12.0 Å². The van der Waals surface area contributed by atoms with Crippen LogP contribution >= 0.6 is 0 Å². The van der Waals surface area contributed by atoms with Gasteiger partial charge < -0.3 is 4.98 Å². The Hall–Kier alpha value is -2.31.